The van der Waals surface area contributed by atoms with Gasteiger partial charge in [-0.15, -0.1) is 11.3 Å². The van der Waals surface area contributed by atoms with Gasteiger partial charge >= 0.3 is 0 Å². The van der Waals surface area contributed by atoms with Crippen LogP contribution in [-0.4, -0.2) is 23.7 Å². The van der Waals surface area contributed by atoms with Crippen molar-refractivity contribution >= 4 is 17.2 Å². The summed E-state index contributed by atoms with van der Waals surface area (Å²) in [7, 11) is 0. The summed E-state index contributed by atoms with van der Waals surface area (Å²) in [6.07, 6.45) is 4.32. The molecule has 1 fully saturated rings. The second kappa shape index (κ2) is 5.46. The molecule has 3 nitrogen and oxygen atoms in total. The van der Waals surface area contributed by atoms with E-state index in [1.54, 1.807) is 0 Å². The van der Waals surface area contributed by atoms with Gasteiger partial charge in [0.25, 0.3) is 5.91 Å². The standard InChI is InChI=1S/C12H17NO2S/c14-8-9-4-1-2-5-10(9)13-12(15)11-6-3-7-16-11/h3,6-7,9-10,14H,1-2,4-5,8H2,(H,13,15). The average Bonchev–Trinajstić information content (AvgIpc) is 2.83. The third-order valence-corrected chi connectivity index (χ3v) is 4.07. The maximum absolute atomic E-state index is 11.9. The van der Waals surface area contributed by atoms with Gasteiger partial charge in [0.2, 0.25) is 0 Å². The third kappa shape index (κ3) is 2.62. The lowest BCUT2D eigenvalue weighted by molar-refractivity contribution is 0.0876. The van der Waals surface area contributed by atoms with E-state index in [1.165, 1.54) is 11.3 Å². The van der Waals surface area contributed by atoms with Crippen LogP contribution in [0.2, 0.25) is 0 Å². The molecular weight excluding hydrogens is 222 g/mol. The van der Waals surface area contributed by atoms with Crippen molar-refractivity contribution in [3.05, 3.63) is 22.4 Å². The second-order valence-corrected chi connectivity index (χ2v) is 5.23. The fourth-order valence-corrected chi connectivity index (χ4v) is 2.89. The van der Waals surface area contributed by atoms with E-state index in [-0.39, 0.29) is 24.5 Å². The van der Waals surface area contributed by atoms with Gasteiger partial charge in [-0.1, -0.05) is 18.9 Å². The van der Waals surface area contributed by atoms with E-state index in [0.29, 0.717) is 0 Å². The Morgan fingerprint density at radius 1 is 1.50 bits per heavy atom. The highest BCUT2D eigenvalue weighted by Gasteiger charge is 2.26. The minimum Gasteiger partial charge on any atom is -0.396 e. The SMILES string of the molecule is O=C(NC1CCCCC1CO)c1cccs1. The molecule has 2 unspecified atom stereocenters. The van der Waals surface area contributed by atoms with Crippen LogP contribution in [0.4, 0.5) is 0 Å². The van der Waals surface area contributed by atoms with E-state index in [4.69, 9.17) is 0 Å². The summed E-state index contributed by atoms with van der Waals surface area (Å²) < 4.78 is 0. The third-order valence-electron chi connectivity index (χ3n) is 3.21. The van der Waals surface area contributed by atoms with Gasteiger partial charge in [-0.05, 0) is 24.3 Å². The van der Waals surface area contributed by atoms with E-state index in [9.17, 15) is 9.90 Å². The van der Waals surface area contributed by atoms with Crippen LogP contribution in [0.5, 0.6) is 0 Å². The number of hydrogen-bond acceptors (Lipinski definition) is 3. The molecule has 1 aromatic heterocycles. The first kappa shape index (κ1) is 11.6. The number of hydrogen-bond donors (Lipinski definition) is 2. The molecule has 1 heterocycles. The van der Waals surface area contributed by atoms with E-state index in [1.807, 2.05) is 17.5 Å². The number of aliphatic hydroxyl groups excluding tert-OH is 1. The summed E-state index contributed by atoms with van der Waals surface area (Å²) in [4.78, 5) is 12.6. The topological polar surface area (TPSA) is 49.3 Å². The Labute approximate surface area is 99.5 Å². The molecule has 2 N–H and O–H groups in total. The van der Waals surface area contributed by atoms with Gasteiger partial charge in [-0.2, -0.15) is 0 Å². The van der Waals surface area contributed by atoms with Crippen LogP contribution < -0.4 is 5.32 Å². The molecule has 1 aliphatic rings. The normalized spacial score (nSPS) is 25.3. The Kier molecular flexibility index (Phi) is 3.96. The van der Waals surface area contributed by atoms with E-state index in [0.717, 1.165) is 30.6 Å². The van der Waals surface area contributed by atoms with Crippen LogP contribution in [0.1, 0.15) is 35.4 Å². The molecule has 2 rings (SSSR count). The van der Waals surface area contributed by atoms with Crippen LogP contribution in [0.15, 0.2) is 17.5 Å². The van der Waals surface area contributed by atoms with Crippen molar-refractivity contribution in [2.75, 3.05) is 6.61 Å². The number of carbonyl (C=O) groups is 1. The summed E-state index contributed by atoms with van der Waals surface area (Å²) in [6, 6.07) is 3.86. The molecule has 0 radical (unpaired) electrons. The van der Waals surface area contributed by atoms with Gasteiger partial charge in [-0.3, -0.25) is 4.79 Å². The van der Waals surface area contributed by atoms with Gasteiger partial charge in [0.1, 0.15) is 0 Å². The van der Waals surface area contributed by atoms with Crippen LogP contribution in [0.3, 0.4) is 0 Å². The van der Waals surface area contributed by atoms with Crippen LogP contribution in [0, 0.1) is 5.92 Å². The van der Waals surface area contributed by atoms with Gasteiger partial charge in [0.15, 0.2) is 0 Å². The van der Waals surface area contributed by atoms with E-state index < -0.39 is 0 Å². The maximum atomic E-state index is 11.9. The number of carbonyl (C=O) groups excluding carboxylic acids is 1. The first-order chi connectivity index (χ1) is 7.81. The Morgan fingerprint density at radius 3 is 3.00 bits per heavy atom. The lowest BCUT2D eigenvalue weighted by atomic mass is 9.85. The predicted molar refractivity (Wildman–Crippen MR) is 64.6 cm³/mol. The van der Waals surface area contributed by atoms with Crippen molar-refractivity contribution in [2.45, 2.75) is 31.7 Å². The molecule has 88 valence electrons. The summed E-state index contributed by atoms with van der Waals surface area (Å²) in [5.41, 5.74) is 0. The molecule has 1 saturated carbocycles. The zero-order chi connectivity index (χ0) is 11.4. The quantitative estimate of drug-likeness (QED) is 0.848. The van der Waals surface area contributed by atoms with Crippen molar-refractivity contribution in [1.29, 1.82) is 0 Å². The molecule has 1 amide bonds. The zero-order valence-electron chi connectivity index (χ0n) is 9.19. The molecule has 1 aliphatic carbocycles. The molecule has 0 spiro atoms. The number of rotatable bonds is 3. The average molecular weight is 239 g/mol. The predicted octanol–water partition coefficient (Wildman–Crippen LogP) is 2.03. The number of amides is 1. The number of thiophene rings is 1. The molecule has 0 aliphatic heterocycles. The summed E-state index contributed by atoms with van der Waals surface area (Å²) in [5, 5.41) is 14.2. The maximum Gasteiger partial charge on any atom is 0.261 e. The smallest absolute Gasteiger partial charge is 0.261 e. The first-order valence-corrected chi connectivity index (χ1v) is 6.64. The molecule has 0 bridgehead atoms. The molecule has 1 aromatic rings. The summed E-state index contributed by atoms with van der Waals surface area (Å²) in [6.45, 7) is 0.176. The highest BCUT2D eigenvalue weighted by atomic mass is 32.1. The number of aliphatic hydroxyl groups is 1. The lowest BCUT2D eigenvalue weighted by Gasteiger charge is -2.30. The van der Waals surface area contributed by atoms with Crippen molar-refractivity contribution < 1.29 is 9.90 Å². The van der Waals surface area contributed by atoms with Crippen LogP contribution >= 0.6 is 11.3 Å². The Hall–Kier alpha value is -0.870. The minimum atomic E-state index is 0.000324. The minimum absolute atomic E-state index is 0.000324. The zero-order valence-corrected chi connectivity index (χ0v) is 10.0. The van der Waals surface area contributed by atoms with Crippen LogP contribution in [0.25, 0.3) is 0 Å². The largest absolute Gasteiger partial charge is 0.396 e. The monoisotopic (exact) mass is 239 g/mol. The van der Waals surface area contributed by atoms with Gasteiger partial charge in [0, 0.05) is 18.6 Å². The highest BCUT2D eigenvalue weighted by molar-refractivity contribution is 7.12. The first-order valence-electron chi connectivity index (χ1n) is 5.76. The van der Waals surface area contributed by atoms with Gasteiger partial charge < -0.3 is 10.4 Å². The highest BCUT2D eigenvalue weighted by Crippen LogP contribution is 2.24. The second-order valence-electron chi connectivity index (χ2n) is 4.28. The van der Waals surface area contributed by atoms with Gasteiger partial charge in [0.05, 0.1) is 4.88 Å². The number of nitrogens with one attached hydrogen (secondary N) is 1. The molecule has 16 heavy (non-hydrogen) atoms. The van der Waals surface area contributed by atoms with Crippen molar-refractivity contribution in [3.63, 3.8) is 0 Å². The van der Waals surface area contributed by atoms with Crippen LogP contribution in [-0.2, 0) is 0 Å². The fraction of sp³-hybridized carbons (Fsp3) is 0.583. The van der Waals surface area contributed by atoms with Crippen molar-refractivity contribution in [1.82, 2.24) is 5.32 Å². The Bertz CT molecular complexity index is 337. The van der Waals surface area contributed by atoms with Crippen molar-refractivity contribution in [3.8, 4) is 0 Å². The Morgan fingerprint density at radius 2 is 2.31 bits per heavy atom. The molecule has 0 saturated heterocycles. The fourth-order valence-electron chi connectivity index (χ4n) is 2.26. The van der Waals surface area contributed by atoms with Gasteiger partial charge in [-0.25, -0.2) is 0 Å². The van der Waals surface area contributed by atoms with E-state index >= 15 is 0 Å². The Balaban J connectivity index is 1.95. The molecule has 2 atom stereocenters. The van der Waals surface area contributed by atoms with Crippen molar-refractivity contribution in [2.24, 2.45) is 5.92 Å². The lowest BCUT2D eigenvalue weighted by Crippen LogP contribution is -2.43. The molecular formula is C12H17NO2S. The summed E-state index contributed by atoms with van der Waals surface area (Å²) in [5.74, 6) is 0.234. The van der Waals surface area contributed by atoms with E-state index in [2.05, 4.69) is 5.32 Å². The molecule has 0 aromatic carbocycles. The summed E-state index contributed by atoms with van der Waals surface area (Å²) >= 11 is 1.45. The molecule has 4 heteroatoms.